The Balaban J connectivity index is 1.80. The van der Waals surface area contributed by atoms with Gasteiger partial charge < -0.3 is 10.1 Å². The molecule has 2 aromatic rings. The summed E-state index contributed by atoms with van der Waals surface area (Å²) in [6.45, 7) is 5.74. The van der Waals surface area contributed by atoms with E-state index in [0.29, 0.717) is 0 Å². The predicted octanol–water partition coefficient (Wildman–Crippen LogP) is 3.27. The van der Waals surface area contributed by atoms with Crippen molar-refractivity contribution in [1.29, 1.82) is 0 Å². The lowest BCUT2D eigenvalue weighted by Gasteiger charge is -2.15. The summed E-state index contributed by atoms with van der Waals surface area (Å²) >= 11 is 0. The highest BCUT2D eigenvalue weighted by Gasteiger charge is 2.12. The van der Waals surface area contributed by atoms with Crippen LogP contribution in [0.1, 0.15) is 35.2 Å². The molecule has 0 aliphatic carbocycles. The molecular weight excluding hydrogens is 302 g/mol. The lowest BCUT2D eigenvalue weighted by atomic mass is 10.0. The Kier molecular flexibility index (Phi) is 6.13. The first kappa shape index (κ1) is 17.7. The van der Waals surface area contributed by atoms with E-state index < -0.39 is 5.97 Å². The van der Waals surface area contributed by atoms with Crippen molar-refractivity contribution in [3.63, 3.8) is 0 Å². The number of carbonyl (C=O) groups is 2. The summed E-state index contributed by atoms with van der Waals surface area (Å²) in [6.07, 6.45) is 0.167. The average Bonchev–Trinajstić information content (AvgIpc) is 2.56. The monoisotopic (exact) mass is 325 g/mol. The molecule has 0 saturated heterocycles. The first-order chi connectivity index (χ1) is 11.5. The van der Waals surface area contributed by atoms with Crippen molar-refractivity contribution < 1.29 is 14.3 Å². The van der Waals surface area contributed by atoms with Crippen LogP contribution in [-0.4, -0.2) is 18.5 Å². The van der Waals surface area contributed by atoms with E-state index in [0.717, 1.165) is 11.1 Å². The van der Waals surface area contributed by atoms with Crippen LogP contribution in [0.3, 0.4) is 0 Å². The molecule has 0 spiro atoms. The van der Waals surface area contributed by atoms with E-state index in [2.05, 4.69) is 18.3 Å². The van der Waals surface area contributed by atoms with Crippen molar-refractivity contribution in [2.24, 2.45) is 0 Å². The molecule has 0 saturated carbocycles. The molecule has 0 aliphatic heterocycles. The van der Waals surface area contributed by atoms with Gasteiger partial charge in [-0.2, -0.15) is 0 Å². The molecule has 1 N–H and O–H groups in total. The Hall–Kier alpha value is -2.62. The number of benzene rings is 2. The van der Waals surface area contributed by atoms with Gasteiger partial charge >= 0.3 is 5.97 Å². The fourth-order valence-corrected chi connectivity index (χ4v) is 2.36. The molecule has 0 heterocycles. The number of carbonyl (C=O) groups excluding carboxylic acids is 2. The summed E-state index contributed by atoms with van der Waals surface area (Å²) in [5.74, 6) is -0.711. The molecule has 1 atom stereocenters. The molecular formula is C20H23NO3. The molecule has 0 bridgehead atoms. The van der Waals surface area contributed by atoms with Gasteiger partial charge in [-0.25, -0.2) is 0 Å². The number of hydrogen-bond acceptors (Lipinski definition) is 3. The summed E-state index contributed by atoms with van der Waals surface area (Å²) in [6, 6.07) is 15.3. The van der Waals surface area contributed by atoms with Gasteiger partial charge in [0.25, 0.3) is 5.91 Å². The molecule has 2 aromatic carbocycles. The number of hydrogen-bond donors (Lipinski definition) is 1. The maximum absolute atomic E-state index is 11.9. The van der Waals surface area contributed by atoms with Gasteiger partial charge in [-0.3, -0.25) is 9.59 Å². The number of amides is 1. The summed E-state index contributed by atoms with van der Waals surface area (Å²) in [7, 11) is 0. The van der Waals surface area contributed by atoms with Crippen LogP contribution in [0.2, 0.25) is 0 Å². The molecule has 0 aliphatic rings. The van der Waals surface area contributed by atoms with Crippen molar-refractivity contribution in [2.45, 2.75) is 33.2 Å². The number of aryl methyl sites for hydroxylation is 2. The maximum Gasteiger partial charge on any atom is 0.310 e. The van der Waals surface area contributed by atoms with Crippen LogP contribution < -0.4 is 5.32 Å². The highest BCUT2D eigenvalue weighted by atomic mass is 16.5. The van der Waals surface area contributed by atoms with Gasteiger partial charge in [0.15, 0.2) is 6.61 Å². The minimum absolute atomic E-state index is 0.135. The van der Waals surface area contributed by atoms with Gasteiger partial charge in [0.2, 0.25) is 0 Å². The van der Waals surface area contributed by atoms with Crippen LogP contribution in [0.25, 0.3) is 0 Å². The average molecular weight is 325 g/mol. The van der Waals surface area contributed by atoms with E-state index in [9.17, 15) is 9.59 Å². The van der Waals surface area contributed by atoms with Crippen LogP contribution in [0, 0.1) is 13.8 Å². The third kappa shape index (κ3) is 5.23. The highest BCUT2D eigenvalue weighted by molar-refractivity contribution is 5.81. The quantitative estimate of drug-likeness (QED) is 0.829. The van der Waals surface area contributed by atoms with Crippen molar-refractivity contribution in [3.05, 3.63) is 70.8 Å². The second-order valence-corrected chi connectivity index (χ2v) is 5.96. The fourth-order valence-electron chi connectivity index (χ4n) is 2.36. The molecule has 4 nitrogen and oxygen atoms in total. The molecule has 0 fully saturated rings. The third-order valence-corrected chi connectivity index (χ3v) is 3.96. The standard InChI is InChI=1S/C20H23NO3/c1-14-9-10-18(11-15(14)2)16(3)21-19(22)13-24-20(23)12-17-7-5-4-6-8-17/h4-11,16H,12-13H2,1-3H3,(H,21,22)/t16-/m0/s1. The van der Waals surface area contributed by atoms with Crippen LogP contribution in [0.5, 0.6) is 0 Å². The molecule has 24 heavy (non-hydrogen) atoms. The van der Waals surface area contributed by atoms with E-state index in [1.165, 1.54) is 11.1 Å². The zero-order valence-electron chi connectivity index (χ0n) is 14.3. The third-order valence-electron chi connectivity index (χ3n) is 3.96. The summed E-state index contributed by atoms with van der Waals surface area (Å²) in [4.78, 5) is 23.7. The lowest BCUT2D eigenvalue weighted by Crippen LogP contribution is -2.31. The first-order valence-corrected chi connectivity index (χ1v) is 8.02. The van der Waals surface area contributed by atoms with Crippen LogP contribution in [0.4, 0.5) is 0 Å². The zero-order chi connectivity index (χ0) is 17.5. The second kappa shape index (κ2) is 8.29. The normalized spacial score (nSPS) is 11.6. The topological polar surface area (TPSA) is 55.4 Å². The molecule has 0 radical (unpaired) electrons. The second-order valence-electron chi connectivity index (χ2n) is 5.96. The molecule has 0 unspecified atom stereocenters. The predicted molar refractivity (Wildman–Crippen MR) is 93.6 cm³/mol. The van der Waals surface area contributed by atoms with Crippen molar-refractivity contribution in [2.75, 3.05) is 6.61 Å². The molecule has 2 rings (SSSR count). The highest BCUT2D eigenvalue weighted by Crippen LogP contribution is 2.16. The van der Waals surface area contributed by atoms with Gasteiger partial charge in [-0.1, -0.05) is 48.5 Å². The zero-order valence-corrected chi connectivity index (χ0v) is 14.3. The van der Waals surface area contributed by atoms with Crippen LogP contribution in [0.15, 0.2) is 48.5 Å². The summed E-state index contributed by atoms with van der Waals surface area (Å²) in [5, 5.41) is 2.85. The minimum atomic E-state index is -0.407. The Morgan fingerprint density at radius 3 is 2.42 bits per heavy atom. The number of esters is 1. The van der Waals surface area contributed by atoms with E-state index in [-0.39, 0.29) is 25.0 Å². The molecule has 126 valence electrons. The number of nitrogens with one attached hydrogen (secondary N) is 1. The first-order valence-electron chi connectivity index (χ1n) is 8.02. The Morgan fingerprint density at radius 1 is 1.04 bits per heavy atom. The van der Waals surface area contributed by atoms with E-state index in [4.69, 9.17) is 4.74 Å². The van der Waals surface area contributed by atoms with Crippen molar-refractivity contribution >= 4 is 11.9 Å². The minimum Gasteiger partial charge on any atom is -0.455 e. The SMILES string of the molecule is Cc1ccc([C@H](C)NC(=O)COC(=O)Cc2ccccc2)cc1C. The summed E-state index contributed by atoms with van der Waals surface area (Å²) in [5.41, 5.74) is 4.29. The molecule has 1 amide bonds. The lowest BCUT2D eigenvalue weighted by molar-refractivity contribution is -0.148. The van der Waals surface area contributed by atoms with Gasteiger partial charge in [0.1, 0.15) is 0 Å². The Bertz CT molecular complexity index is 710. The number of ether oxygens (including phenoxy) is 1. The van der Waals surface area contributed by atoms with Crippen molar-refractivity contribution in [3.8, 4) is 0 Å². The van der Waals surface area contributed by atoms with Crippen LogP contribution in [-0.2, 0) is 20.7 Å². The van der Waals surface area contributed by atoms with Gasteiger partial charge in [-0.05, 0) is 43.0 Å². The smallest absolute Gasteiger partial charge is 0.310 e. The fraction of sp³-hybridized carbons (Fsp3) is 0.300. The van der Waals surface area contributed by atoms with E-state index >= 15 is 0 Å². The number of rotatable bonds is 6. The van der Waals surface area contributed by atoms with E-state index in [1.807, 2.05) is 56.3 Å². The maximum atomic E-state index is 11.9. The largest absolute Gasteiger partial charge is 0.455 e. The molecule has 0 aromatic heterocycles. The summed E-state index contributed by atoms with van der Waals surface area (Å²) < 4.78 is 5.04. The van der Waals surface area contributed by atoms with Gasteiger partial charge in [-0.15, -0.1) is 0 Å². The van der Waals surface area contributed by atoms with Gasteiger partial charge in [0, 0.05) is 0 Å². The Labute approximate surface area is 142 Å². The molecule has 4 heteroatoms. The van der Waals surface area contributed by atoms with E-state index in [1.54, 1.807) is 0 Å². The van der Waals surface area contributed by atoms with Gasteiger partial charge in [0.05, 0.1) is 12.5 Å². The van der Waals surface area contributed by atoms with Crippen LogP contribution >= 0.6 is 0 Å². The van der Waals surface area contributed by atoms with Crippen molar-refractivity contribution in [1.82, 2.24) is 5.32 Å². The Morgan fingerprint density at radius 2 is 1.75 bits per heavy atom.